The second kappa shape index (κ2) is 4.74. The molecule has 1 aromatic carbocycles. The molecule has 15 heavy (non-hydrogen) atoms. The fourth-order valence-corrected chi connectivity index (χ4v) is 2.27. The van der Waals surface area contributed by atoms with E-state index < -0.39 is 34.1 Å². The Bertz CT molecular complexity index is 383. The maximum atomic E-state index is 13.2. The summed E-state index contributed by atoms with van der Waals surface area (Å²) < 4.78 is 63.3. The van der Waals surface area contributed by atoms with Crippen molar-refractivity contribution in [2.24, 2.45) is 0 Å². The van der Waals surface area contributed by atoms with Crippen LogP contribution in [0.1, 0.15) is 5.56 Å². The lowest BCUT2D eigenvalue weighted by Crippen LogP contribution is -2.12. The van der Waals surface area contributed by atoms with Crippen molar-refractivity contribution in [1.82, 2.24) is 0 Å². The molecule has 0 saturated heterocycles. The van der Waals surface area contributed by atoms with Gasteiger partial charge in [0.15, 0.2) is 22.7 Å². The molecule has 0 aliphatic carbocycles. The molecule has 0 aliphatic heterocycles. The van der Waals surface area contributed by atoms with E-state index in [0.29, 0.717) is 0 Å². The molecule has 0 nitrogen and oxygen atoms in total. The Balaban J connectivity index is 3.68. The van der Waals surface area contributed by atoms with Gasteiger partial charge in [0, 0.05) is 0 Å². The van der Waals surface area contributed by atoms with Gasteiger partial charge in [-0.1, -0.05) is 0 Å². The maximum absolute atomic E-state index is 13.2. The number of alkyl halides is 3. The van der Waals surface area contributed by atoms with E-state index in [9.17, 15) is 22.0 Å². The zero-order valence-corrected chi connectivity index (χ0v) is 13.0. The first-order valence-corrected chi connectivity index (χ1v) is 6.50. The first-order valence-electron chi connectivity index (χ1n) is 3.26. The van der Waals surface area contributed by atoms with Gasteiger partial charge in [-0.3, -0.25) is 0 Å². The molecule has 0 amide bonds. The highest BCUT2D eigenvalue weighted by atomic mass is 127. The van der Waals surface area contributed by atoms with Crippen LogP contribution in [0.15, 0.2) is 0 Å². The quantitative estimate of drug-likeness (QED) is 0.153. The lowest BCUT2D eigenvalue weighted by atomic mass is 10.2. The topological polar surface area (TPSA) is 0 Å². The molecule has 0 saturated carbocycles. The van der Waals surface area contributed by atoms with Crippen molar-refractivity contribution in [1.29, 1.82) is 0 Å². The summed E-state index contributed by atoms with van der Waals surface area (Å²) in [5.74, 6) is -9.55. The van der Waals surface area contributed by atoms with E-state index in [1.165, 1.54) is 0 Å². The summed E-state index contributed by atoms with van der Waals surface area (Å²) in [5, 5.41) is 0. The highest BCUT2D eigenvalue weighted by molar-refractivity contribution is 14.3. The summed E-state index contributed by atoms with van der Waals surface area (Å²) in [6, 6.07) is 0. The van der Waals surface area contributed by atoms with Gasteiger partial charge in [0.25, 0.3) is 0 Å². The SMILES string of the molecule is Fc1c(F)c(F)c(C(I)(I)I)c(F)c1F. The normalized spacial score (nSPS) is 12.0. The Labute approximate surface area is 122 Å². The van der Waals surface area contributed by atoms with E-state index in [0.717, 1.165) is 0 Å². The molecule has 0 atom stereocenters. The van der Waals surface area contributed by atoms with Gasteiger partial charge in [-0.25, -0.2) is 22.0 Å². The monoisotopic (exact) mass is 560 g/mol. The van der Waals surface area contributed by atoms with Gasteiger partial charge in [0.2, 0.25) is 5.82 Å². The smallest absolute Gasteiger partial charge is 0.200 e. The fraction of sp³-hybridized carbons (Fsp3) is 0.143. The van der Waals surface area contributed by atoms with Crippen LogP contribution in [-0.2, 0) is -0.565 Å². The summed E-state index contributed by atoms with van der Waals surface area (Å²) in [6.07, 6.45) is 0. The van der Waals surface area contributed by atoms with E-state index in [-0.39, 0.29) is 0 Å². The summed E-state index contributed by atoms with van der Waals surface area (Å²) >= 11 is 4.73. The first-order chi connectivity index (χ1) is 6.68. The van der Waals surface area contributed by atoms with Crippen molar-refractivity contribution in [2.45, 2.75) is -0.565 Å². The molecule has 0 unspecified atom stereocenters. The van der Waals surface area contributed by atoms with Crippen LogP contribution in [0.2, 0.25) is 0 Å². The third-order valence-electron chi connectivity index (χ3n) is 1.49. The Morgan fingerprint density at radius 1 is 0.600 bits per heavy atom. The number of rotatable bonds is 1. The molecular formula is C7F5I3. The molecule has 0 fully saturated rings. The lowest BCUT2D eigenvalue weighted by molar-refractivity contribution is 0.373. The summed E-state index contributed by atoms with van der Waals surface area (Å²) in [7, 11) is 0. The van der Waals surface area contributed by atoms with Crippen LogP contribution in [-0.4, -0.2) is 0 Å². The van der Waals surface area contributed by atoms with Crippen molar-refractivity contribution in [3.63, 3.8) is 0 Å². The third kappa shape index (κ3) is 2.66. The van der Waals surface area contributed by atoms with Crippen molar-refractivity contribution in [2.75, 3.05) is 0 Å². The number of hydrogen-bond donors (Lipinski definition) is 0. The van der Waals surface area contributed by atoms with Gasteiger partial charge in [-0.15, -0.1) is 0 Å². The minimum atomic E-state index is -2.14. The van der Waals surface area contributed by atoms with Gasteiger partial charge < -0.3 is 0 Å². The van der Waals surface area contributed by atoms with E-state index in [2.05, 4.69) is 0 Å². The largest absolute Gasteiger partial charge is 0.203 e. The summed E-state index contributed by atoms with van der Waals surface area (Å²) in [6.45, 7) is 0. The molecule has 8 heteroatoms. The number of benzene rings is 1. The van der Waals surface area contributed by atoms with Crippen LogP contribution >= 0.6 is 67.8 Å². The van der Waals surface area contributed by atoms with Gasteiger partial charge in [-0.2, -0.15) is 0 Å². The van der Waals surface area contributed by atoms with E-state index >= 15 is 0 Å². The number of halogens is 8. The second-order valence-electron chi connectivity index (χ2n) is 2.44. The predicted molar refractivity (Wildman–Crippen MR) is 70.0 cm³/mol. The van der Waals surface area contributed by atoms with Crippen LogP contribution in [0.5, 0.6) is 0 Å². The fourth-order valence-electron chi connectivity index (χ4n) is 0.854. The number of hydrogen-bond acceptors (Lipinski definition) is 0. The predicted octanol–water partition coefficient (Wildman–Crippen LogP) is 4.80. The molecular weight excluding hydrogens is 560 g/mol. The molecule has 84 valence electrons. The molecule has 1 rings (SSSR count). The maximum Gasteiger partial charge on any atom is 0.200 e. The molecule has 0 radical (unpaired) electrons. The van der Waals surface area contributed by atoms with E-state index in [4.69, 9.17) is 0 Å². The van der Waals surface area contributed by atoms with Crippen molar-refractivity contribution < 1.29 is 22.0 Å². The highest BCUT2D eigenvalue weighted by Crippen LogP contribution is 2.49. The van der Waals surface area contributed by atoms with Crippen molar-refractivity contribution in [3.05, 3.63) is 34.6 Å². The van der Waals surface area contributed by atoms with Crippen molar-refractivity contribution >= 4 is 67.8 Å². The molecule has 0 N–H and O–H groups in total. The van der Waals surface area contributed by atoms with E-state index in [1.807, 2.05) is 0 Å². The van der Waals surface area contributed by atoms with Crippen LogP contribution < -0.4 is 0 Å². The van der Waals surface area contributed by atoms with Gasteiger partial charge in [0.1, 0.15) is 0 Å². The molecule has 0 aromatic heterocycles. The Morgan fingerprint density at radius 2 is 0.867 bits per heavy atom. The average Bonchev–Trinajstić information content (AvgIpc) is 2.09. The first kappa shape index (κ1) is 14.1. The summed E-state index contributed by atoms with van der Waals surface area (Å²) in [4.78, 5) is 0. The molecule has 0 bridgehead atoms. The highest BCUT2D eigenvalue weighted by Gasteiger charge is 2.35. The molecule has 1 aromatic rings. The Kier molecular flexibility index (Phi) is 4.46. The van der Waals surface area contributed by atoms with Gasteiger partial charge >= 0.3 is 0 Å². The lowest BCUT2D eigenvalue weighted by Gasteiger charge is -2.15. The van der Waals surface area contributed by atoms with E-state index in [1.54, 1.807) is 67.8 Å². The van der Waals surface area contributed by atoms with Crippen LogP contribution in [0.4, 0.5) is 22.0 Å². The minimum Gasteiger partial charge on any atom is -0.203 e. The standard InChI is InChI=1S/C7F5I3/c8-2-1(7(13,14)15)3(9)5(11)6(12)4(2)10. The summed E-state index contributed by atoms with van der Waals surface area (Å²) in [5.41, 5.74) is -0.833. The van der Waals surface area contributed by atoms with Gasteiger partial charge in [0.05, 0.1) is 5.56 Å². The second-order valence-corrected chi connectivity index (χ2v) is 13.5. The van der Waals surface area contributed by atoms with Crippen LogP contribution in [0, 0.1) is 29.1 Å². The molecule has 0 spiro atoms. The van der Waals surface area contributed by atoms with Crippen LogP contribution in [0.25, 0.3) is 0 Å². The van der Waals surface area contributed by atoms with Gasteiger partial charge in [-0.05, 0) is 67.8 Å². The molecule has 0 aliphatic rings. The Hall–Kier alpha value is 1.06. The zero-order chi connectivity index (χ0) is 12.0. The molecule has 0 heterocycles. The minimum absolute atomic E-state index is 0.833. The Morgan fingerprint density at radius 3 is 1.13 bits per heavy atom. The zero-order valence-electron chi connectivity index (χ0n) is 6.52. The van der Waals surface area contributed by atoms with Crippen molar-refractivity contribution in [3.8, 4) is 0 Å². The van der Waals surface area contributed by atoms with Crippen LogP contribution in [0.3, 0.4) is 0 Å². The third-order valence-corrected chi connectivity index (χ3v) is 3.11. The average molecular weight is 560 g/mol.